The van der Waals surface area contributed by atoms with Gasteiger partial charge in [-0.3, -0.25) is 20.4 Å². The van der Waals surface area contributed by atoms with Gasteiger partial charge in [-0.1, -0.05) is 12.1 Å². The quantitative estimate of drug-likeness (QED) is 0.772. The number of hydrazine groups is 1. The van der Waals surface area contributed by atoms with Crippen molar-refractivity contribution in [2.24, 2.45) is 5.92 Å². The van der Waals surface area contributed by atoms with Gasteiger partial charge in [0.2, 0.25) is 5.91 Å². The molecule has 1 aromatic rings. The summed E-state index contributed by atoms with van der Waals surface area (Å²) in [4.78, 5) is 23.7. The SMILES string of the molecule is CSCc1ccc(C(=O)NNC(=O)C[C@@H]2CCS(=O)(=O)C2)cc1. The summed E-state index contributed by atoms with van der Waals surface area (Å²) in [5.74, 6) is 0.128. The van der Waals surface area contributed by atoms with Crippen molar-refractivity contribution in [2.45, 2.75) is 18.6 Å². The third kappa shape index (κ3) is 5.54. The van der Waals surface area contributed by atoms with E-state index in [0.717, 1.165) is 11.3 Å². The normalized spacial score (nSPS) is 19.3. The Morgan fingerprint density at radius 1 is 1.22 bits per heavy atom. The zero-order chi connectivity index (χ0) is 16.9. The highest BCUT2D eigenvalue weighted by atomic mass is 32.2. The van der Waals surface area contributed by atoms with Crippen LogP contribution in [-0.4, -0.2) is 38.0 Å². The maximum atomic E-state index is 11.9. The summed E-state index contributed by atoms with van der Waals surface area (Å²) >= 11 is 1.70. The van der Waals surface area contributed by atoms with Crippen LogP contribution in [0.2, 0.25) is 0 Å². The molecule has 1 aliphatic rings. The molecule has 2 N–H and O–H groups in total. The van der Waals surface area contributed by atoms with Gasteiger partial charge in [-0.15, -0.1) is 0 Å². The summed E-state index contributed by atoms with van der Waals surface area (Å²) in [6.07, 6.45) is 2.61. The number of hydrogen-bond donors (Lipinski definition) is 2. The Morgan fingerprint density at radius 2 is 1.91 bits per heavy atom. The lowest BCUT2D eigenvalue weighted by molar-refractivity contribution is -0.122. The van der Waals surface area contributed by atoms with Crippen molar-refractivity contribution in [1.29, 1.82) is 0 Å². The first-order valence-electron chi connectivity index (χ1n) is 7.27. The number of thioether (sulfide) groups is 1. The van der Waals surface area contributed by atoms with Crippen LogP contribution in [-0.2, 0) is 20.4 Å². The van der Waals surface area contributed by atoms with Gasteiger partial charge in [0.15, 0.2) is 9.84 Å². The molecule has 0 spiro atoms. The van der Waals surface area contributed by atoms with Crippen molar-refractivity contribution in [2.75, 3.05) is 17.8 Å². The molecule has 0 saturated carbocycles. The minimum absolute atomic E-state index is 0.0469. The van der Waals surface area contributed by atoms with Gasteiger partial charge in [0, 0.05) is 17.7 Å². The molecular formula is C15H20N2O4S2. The molecule has 2 amide bonds. The van der Waals surface area contributed by atoms with Crippen molar-refractivity contribution in [3.05, 3.63) is 35.4 Å². The van der Waals surface area contributed by atoms with Gasteiger partial charge < -0.3 is 0 Å². The number of benzene rings is 1. The zero-order valence-corrected chi connectivity index (χ0v) is 14.5. The lowest BCUT2D eigenvalue weighted by atomic mass is 10.1. The van der Waals surface area contributed by atoms with Crippen molar-refractivity contribution < 1.29 is 18.0 Å². The Hall–Kier alpha value is -1.54. The molecule has 0 bridgehead atoms. The van der Waals surface area contributed by atoms with Crippen molar-refractivity contribution in [3.8, 4) is 0 Å². The molecule has 1 saturated heterocycles. The van der Waals surface area contributed by atoms with Crippen LogP contribution in [0.5, 0.6) is 0 Å². The lowest BCUT2D eigenvalue weighted by Crippen LogP contribution is -2.42. The number of sulfone groups is 1. The molecule has 6 nitrogen and oxygen atoms in total. The van der Waals surface area contributed by atoms with Gasteiger partial charge in [-0.2, -0.15) is 11.8 Å². The Labute approximate surface area is 140 Å². The fourth-order valence-electron chi connectivity index (χ4n) is 2.46. The van der Waals surface area contributed by atoms with Crippen LogP contribution >= 0.6 is 11.8 Å². The minimum Gasteiger partial charge on any atom is -0.273 e. The van der Waals surface area contributed by atoms with Crippen LogP contribution in [0.15, 0.2) is 24.3 Å². The molecule has 1 heterocycles. The number of nitrogens with one attached hydrogen (secondary N) is 2. The average Bonchev–Trinajstić information content (AvgIpc) is 2.84. The van der Waals surface area contributed by atoms with E-state index in [0.29, 0.717) is 12.0 Å². The summed E-state index contributed by atoms with van der Waals surface area (Å²) in [7, 11) is -2.99. The van der Waals surface area contributed by atoms with E-state index in [2.05, 4.69) is 10.9 Å². The number of carbonyl (C=O) groups excluding carboxylic acids is 2. The Morgan fingerprint density at radius 3 is 2.48 bits per heavy atom. The first-order valence-corrected chi connectivity index (χ1v) is 10.5. The second-order valence-electron chi connectivity index (χ2n) is 5.61. The van der Waals surface area contributed by atoms with E-state index in [1.807, 2.05) is 18.4 Å². The smallest absolute Gasteiger partial charge is 0.269 e. The maximum absolute atomic E-state index is 11.9. The van der Waals surface area contributed by atoms with E-state index in [4.69, 9.17) is 0 Å². The molecule has 126 valence electrons. The van der Waals surface area contributed by atoms with Gasteiger partial charge >= 0.3 is 0 Å². The molecule has 1 atom stereocenters. The number of rotatable bonds is 5. The predicted molar refractivity (Wildman–Crippen MR) is 90.6 cm³/mol. The summed E-state index contributed by atoms with van der Waals surface area (Å²) in [6, 6.07) is 7.15. The van der Waals surface area contributed by atoms with Crippen LogP contribution in [0.25, 0.3) is 0 Å². The molecule has 8 heteroatoms. The van der Waals surface area contributed by atoms with E-state index in [9.17, 15) is 18.0 Å². The third-order valence-corrected chi connectivity index (χ3v) is 6.10. The minimum atomic E-state index is -2.99. The molecule has 2 rings (SSSR count). The van der Waals surface area contributed by atoms with Crippen LogP contribution in [0.4, 0.5) is 0 Å². The number of hydrogen-bond acceptors (Lipinski definition) is 5. The highest BCUT2D eigenvalue weighted by molar-refractivity contribution is 7.97. The maximum Gasteiger partial charge on any atom is 0.269 e. The topological polar surface area (TPSA) is 92.3 Å². The number of carbonyl (C=O) groups is 2. The van der Waals surface area contributed by atoms with Gasteiger partial charge in [0.05, 0.1) is 11.5 Å². The molecule has 0 radical (unpaired) electrons. The standard InChI is InChI=1S/C15H20N2O4S2/c1-22-9-11-2-4-13(5-3-11)15(19)17-16-14(18)8-12-6-7-23(20,21)10-12/h2-5,12H,6-10H2,1H3,(H,16,18)(H,17,19)/t12-/m0/s1. The summed E-state index contributed by atoms with van der Waals surface area (Å²) in [5, 5.41) is 0. The molecule has 1 aromatic carbocycles. The van der Waals surface area contributed by atoms with Crippen LogP contribution < -0.4 is 10.9 Å². The molecule has 23 heavy (non-hydrogen) atoms. The van der Waals surface area contributed by atoms with E-state index in [1.165, 1.54) is 0 Å². The Kier molecular flexibility index (Phi) is 6.06. The van der Waals surface area contributed by atoms with Gasteiger partial charge in [-0.25, -0.2) is 8.42 Å². The van der Waals surface area contributed by atoms with Gasteiger partial charge in [0.25, 0.3) is 5.91 Å². The van der Waals surface area contributed by atoms with E-state index < -0.39 is 15.7 Å². The first kappa shape index (κ1) is 17.8. The molecular weight excluding hydrogens is 336 g/mol. The van der Waals surface area contributed by atoms with Crippen LogP contribution in [0.1, 0.15) is 28.8 Å². The number of amides is 2. The van der Waals surface area contributed by atoms with E-state index >= 15 is 0 Å². The fraction of sp³-hybridized carbons (Fsp3) is 0.467. The molecule has 0 aromatic heterocycles. The van der Waals surface area contributed by atoms with Gasteiger partial charge in [-0.05, 0) is 36.3 Å². The second-order valence-corrected chi connectivity index (χ2v) is 8.70. The van der Waals surface area contributed by atoms with E-state index in [1.54, 1.807) is 23.9 Å². The molecule has 0 unspecified atom stereocenters. The average molecular weight is 356 g/mol. The summed E-state index contributed by atoms with van der Waals surface area (Å²) in [5.41, 5.74) is 6.27. The highest BCUT2D eigenvalue weighted by Crippen LogP contribution is 2.21. The monoisotopic (exact) mass is 356 g/mol. The highest BCUT2D eigenvalue weighted by Gasteiger charge is 2.29. The largest absolute Gasteiger partial charge is 0.273 e. The molecule has 1 fully saturated rings. The third-order valence-electron chi connectivity index (χ3n) is 3.64. The summed E-state index contributed by atoms with van der Waals surface area (Å²) in [6.45, 7) is 0. The first-order chi connectivity index (χ1) is 10.9. The fourth-order valence-corrected chi connectivity index (χ4v) is 4.85. The van der Waals surface area contributed by atoms with Crippen LogP contribution in [0.3, 0.4) is 0 Å². The zero-order valence-electron chi connectivity index (χ0n) is 12.9. The van der Waals surface area contributed by atoms with Gasteiger partial charge in [0.1, 0.15) is 0 Å². The lowest BCUT2D eigenvalue weighted by Gasteiger charge is -2.10. The Balaban J connectivity index is 1.78. The van der Waals surface area contributed by atoms with Crippen molar-refractivity contribution in [1.82, 2.24) is 10.9 Å². The van der Waals surface area contributed by atoms with Crippen molar-refractivity contribution >= 4 is 33.4 Å². The molecule has 1 aliphatic heterocycles. The van der Waals surface area contributed by atoms with Crippen LogP contribution in [0, 0.1) is 5.92 Å². The van der Waals surface area contributed by atoms with Crippen molar-refractivity contribution in [3.63, 3.8) is 0 Å². The molecule has 0 aliphatic carbocycles. The summed E-state index contributed by atoms with van der Waals surface area (Å²) < 4.78 is 22.7. The Bertz CT molecular complexity index is 671. The van der Waals surface area contributed by atoms with E-state index in [-0.39, 0.29) is 29.8 Å². The predicted octanol–water partition coefficient (Wildman–Crippen LogP) is 1.14. The second kappa shape index (κ2) is 7.83.